The quantitative estimate of drug-likeness (QED) is 0.152. The van der Waals surface area contributed by atoms with E-state index in [1.54, 1.807) is 0 Å². The predicted octanol–water partition coefficient (Wildman–Crippen LogP) is 16.4. The summed E-state index contributed by atoms with van der Waals surface area (Å²) < 4.78 is 6.73. The monoisotopic (exact) mass is 803 g/mol. The van der Waals surface area contributed by atoms with Crippen LogP contribution < -0.4 is 4.90 Å². The van der Waals surface area contributed by atoms with Gasteiger partial charge in [0.05, 0.1) is 5.41 Å². The Labute approximate surface area is 367 Å². The van der Waals surface area contributed by atoms with Crippen LogP contribution in [-0.2, 0) is 5.41 Å². The van der Waals surface area contributed by atoms with Crippen molar-refractivity contribution in [2.45, 2.75) is 5.41 Å². The number of anilines is 3. The van der Waals surface area contributed by atoms with Crippen LogP contribution >= 0.6 is 0 Å². The highest BCUT2D eigenvalue weighted by Crippen LogP contribution is 2.57. The van der Waals surface area contributed by atoms with Crippen LogP contribution in [0, 0.1) is 0 Å². The van der Waals surface area contributed by atoms with E-state index in [-0.39, 0.29) is 0 Å². The molecule has 12 rings (SSSR count). The molecule has 1 aromatic heterocycles. The molecule has 0 saturated carbocycles. The molecule has 63 heavy (non-hydrogen) atoms. The maximum Gasteiger partial charge on any atom is 0.136 e. The van der Waals surface area contributed by atoms with E-state index < -0.39 is 5.41 Å². The fraction of sp³-hybridized carbons (Fsp3) is 0.0164. The van der Waals surface area contributed by atoms with Gasteiger partial charge in [-0.25, -0.2) is 0 Å². The van der Waals surface area contributed by atoms with Crippen LogP contribution in [0.15, 0.2) is 253 Å². The molecule has 0 radical (unpaired) electrons. The Morgan fingerprint density at radius 2 is 0.778 bits per heavy atom. The van der Waals surface area contributed by atoms with Crippen LogP contribution in [0.2, 0.25) is 0 Å². The molecule has 2 heteroatoms. The molecule has 1 heterocycles. The highest BCUT2D eigenvalue weighted by atomic mass is 16.3. The number of nitrogens with zero attached hydrogens (tertiary/aromatic N) is 1. The van der Waals surface area contributed by atoms with Gasteiger partial charge in [0.1, 0.15) is 11.2 Å². The van der Waals surface area contributed by atoms with Crippen LogP contribution in [0.25, 0.3) is 66.4 Å². The Morgan fingerprint density at radius 1 is 0.302 bits per heavy atom. The molecule has 1 aliphatic carbocycles. The molecular weight excluding hydrogens is 763 g/mol. The summed E-state index contributed by atoms with van der Waals surface area (Å²) in [6.07, 6.45) is 0. The molecule has 1 aliphatic rings. The summed E-state index contributed by atoms with van der Waals surface area (Å²) in [5, 5.41) is 2.21. The standard InChI is InChI=1S/C61H41NO/c1-4-16-42(17-5-1)44-30-34-47(35-31-44)61(56-27-12-10-24-53(56)54-25-11-13-28-57(54)61)48-36-39-58-55(41-48)60-52(26-15-29-59(60)63-58)46-20-14-23-51(40-46)62(49-21-8-3-9-22-49)50-37-32-45(33-38-50)43-18-6-2-7-19-43/h1-41H. The Hall–Kier alpha value is -8.20. The average molecular weight is 804 g/mol. The SMILES string of the molecule is c1ccc(-c2ccc(N(c3ccccc3)c3cccc(-c4cccc5oc6ccc(C7(c8ccc(-c9ccccc9)cc8)c8ccccc8-c8ccccc87)cc6c45)c3)cc2)cc1. The lowest BCUT2D eigenvalue weighted by molar-refractivity contribution is 0.668. The second-order valence-electron chi connectivity index (χ2n) is 16.4. The van der Waals surface area contributed by atoms with E-state index in [0.29, 0.717) is 0 Å². The largest absolute Gasteiger partial charge is 0.456 e. The maximum absolute atomic E-state index is 6.73. The highest BCUT2D eigenvalue weighted by Gasteiger charge is 2.46. The summed E-state index contributed by atoms with van der Waals surface area (Å²) in [7, 11) is 0. The van der Waals surface area contributed by atoms with E-state index >= 15 is 0 Å². The van der Waals surface area contributed by atoms with Gasteiger partial charge in [-0.05, 0) is 121 Å². The smallest absolute Gasteiger partial charge is 0.136 e. The van der Waals surface area contributed by atoms with Crippen molar-refractivity contribution in [1.82, 2.24) is 0 Å². The zero-order valence-corrected chi connectivity index (χ0v) is 34.5. The van der Waals surface area contributed by atoms with Crippen LogP contribution in [0.3, 0.4) is 0 Å². The van der Waals surface area contributed by atoms with Crippen molar-refractivity contribution in [1.29, 1.82) is 0 Å². The summed E-state index contributed by atoms with van der Waals surface area (Å²) in [4.78, 5) is 2.34. The normalized spacial score (nSPS) is 12.6. The summed E-state index contributed by atoms with van der Waals surface area (Å²) in [6.45, 7) is 0. The number of benzene rings is 10. The Bertz CT molecular complexity index is 3380. The van der Waals surface area contributed by atoms with E-state index in [0.717, 1.165) is 50.1 Å². The molecule has 0 amide bonds. The van der Waals surface area contributed by atoms with Gasteiger partial charge in [-0.15, -0.1) is 0 Å². The molecule has 0 fully saturated rings. The first-order chi connectivity index (χ1) is 31.2. The summed E-state index contributed by atoms with van der Waals surface area (Å²) in [6, 6.07) is 90.1. The molecule has 0 atom stereocenters. The molecule has 10 aromatic carbocycles. The van der Waals surface area contributed by atoms with Crippen LogP contribution in [-0.4, -0.2) is 0 Å². The Balaban J connectivity index is 1.03. The van der Waals surface area contributed by atoms with E-state index in [2.05, 4.69) is 254 Å². The van der Waals surface area contributed by atoms with E-state index in [1.165, 1.54) is 55.6 Å². The van der Waals surface area contributed by atoms with Crippen molar-refractivity contribution in [3.05, 3.63) is 271 Å². The summed E-state index contributed by atoms with van der Waals surface area (Å²) in [5.41, 5.74) is 19.1. The number of hydrogen-bond acceptors (Lipinski definition) is 2. The van der Waals surface area contributed by atoms with Crippen LogP contribution in [0.5, 0.6) is 0 Å². The molecule has 296 valence electrons. The molecule has 0 unspecified atom stereocenters. The second-order valence-corrected chi connectivity index (χ2v) is 16.4. The van der Waals surface area contributed by atoms with Gasteiger partial charge in [0.15, 0.2) is 0 Å². The minimum absolute atomic E-state index is 0.554. The molecule has 0 bridgehead atoms. The molecular formula is C61H41NO. The van der Waals surface area contributed by atoms with Crippen molar-refractivity contribution in [2.24, 2.45) is 0 Å². The molecule has 0 N–H and O–H groups in total. The van der Waals surface area contributed by atoms with Crippen LogP contribution in [0.4, 0.5) is 17.1 Å². The lowest BCUT2D eigenvalue weighted by Crippen LogP contribution is -2.28. The number of hydrogen-bond donors (Lipinski definition) is 0. The number of para-hydroxylation sites is 1. The lowest BCUT2D eigenvalue weighted by Gasteiger charge is -2.34. The Kier molecular flexibility index (Phi) is 8.76. The second kappa shape index (κ2) is 15.1. The minimum atomic E-state index is -0.554. The molecule has 0 saturated heterocycles. The maximum atomic E-state index is 6.73. The van der Waals surface area contributed by atoms with Gasteiger partial charge in [-0.2, -0.15) is 0 Å². The lowest BCUT2D eigenvalue weighted by atomic mass is 9.67. The van der Waals surface area contributed by atoms with Gasteiger partial charge in [0.2, 0.25) is 0 Å². The minimum Gasteiger partial charge on any atom is -0.456 e. The topological polar surface area (TPSA) is 16.4 Å². The van der Waals surface area contributed by atoms with Gasteiger partial charge < -0.3 is 9.32 Å². The molecule has 0 spiro atoms. The van der Waals surface area contributed by atoms with Gasteiger partial charge in [0.25, 0.3) is 0 Å². The predicted molar refractivity (Wildman–Crippen MR) is 262 cm³/mol. The van der Waals surface area contributed by atoms with Gasteiger partial charge >= 0.3 is 0 Å². The molecule has 11 aromatic rings. The zero-order chi connectivity index (χ0) is 41.7. The van der Waals surface area contributed by atoms with Crippen molar-refractivity contribution in [3.8, 4) is 44.5 Å². The van der Waals surface area contributed by atoms with Crippen molar-refractivity contribution < 1.29 is 4.42 Å². The van der Waals surface area contributed by atoms with Gasteiger partial charge in [-0.1, -0.05) is 194 Å². The summed E-state index contributed by atoms with van der Waals surface area (Å²) in [5.74, 6) is 0. The third-order valence-electron chi connectivity index (χ3n) is 13.0. The van der Waals surface area contributed by atoms with Gasteiger partial charge in [0, 0.05) is 27.8 Å². The highest BCUT2D eigenvalue weighted by molar-refractivity contribution is 6.13. The summed E-state index contributed by atoms with van der Waals surface area (Å²) >= 11 is 0. The number of furan rings is 1. The number of fused-ring (bicyclic) bond motifs is 6. The zero-order valence-electron chi connectivity index (χ0n) is 34.5. The van der Waals surface area contributed by atoms with E-state index in [1.807, 2.05) is 0 Å². The average Bonchev–Trinajstić information content (AvgIpc) is 3.89. The third-order valence-corrected chi connectivity index (χ3v) is 13.0. The first kappa shape index (κ1) is 36.6. The van der Waals surface area contributed by atoms with Crippen LogP contribution in [0.1, 0.15) is 22.3 Å². The van der Waals surface area contributed by atoms with Crippen molar-refractivity contribution in [2.75, 3.05) is 4.90 Å². The fourth-order valence-corrected chi connectivity index (χ4v) is 10.1. The van der Waals surface area contributed by atoms with Crippen molar-refractivity contribution in [3.63, 3.8) is 0 Å². The van der Waals surface area contributed by atoms with E-state index in [9.17, 15) is 0 Å². The Morgan fingerprint density at radius 3 is 1.43 bits per heavy atom. The van der Waals surface area contributed by atoms with E-state index in [4.69, 9.17) is 4.42 Å². The molecule has 2 nitrogen and oxygen atoms in total. The first-order valence-electron chi connectivity index (χ1n) is 21.7. The first-order valence-corrected chi connectivity index (χ1v) is 21.7. The van der Waals surface area contributed by atoms with Gasteiger partial charge in [-0.3, -0.25) is 0 Å². The fourth-order valence-electron chi connectivity index (χ4n) is 10.1. The van der Waals surface area contributed by atoms with Crippen molar-refractivity contribution >= 4 is 39.0 Å². The third kappa shape index (κ3) is 6.02. The number of rotatable bonds is 8. The molecule has 0 aliphatic heterocycles.